The highest BCUT2D eigenvalue weighted by Crippen LogP contribution is 2.28. The minimum absolute atomic E-state index is 0.615. The standard InChI is InChI=1S/C16H15ClN2O/c1-10-8-13(17)9-14-15(10)20-16(19-14)12-4-2-11(3-5-12)6-7-18/h2-5,8-9H,6-7,18H2,1H3. The second-order valence-corrected chi connectivity index (χ2v) is 5.26. The SMILES string of the molecule is Cc1cc(Cl)cc2nc(-c3ccc(CCN)cc3)oc12. The Labute approximate surface area is 122 Å². The summed E-state index contributed by atoms with van der Waals surface area (Å²) in [6, 6.07) is 11.8. The van der Waals surface area contributed by atoms with Crippen molar-refractivity contribution < 1.29 is 4.42 Å². The van der Waals surface area contributed by atoms with Crippen molar-refractivity contribution in [2.75, 3.05) is 6.54 Å². The molecule has 2 aromatic carbocycles. The predicted octanol–water partition coefficient (Wildman–Crippen LogP) is 3.96. The quantitative estimate of drug-likeness (QED) is 0.793. The van der Waals surface area contributed by atoms with Crippen LogP contribution < -0.4 is 5.73 Å². The van der Waals surface area contributed by atoms with Crippen LogP contribution in [0.2, 0.25) is 5.02 Å². The van der Waals surface area contributed by atoms with Crippen LogP contribution in [0.3, 0.4) is 0 Å². The molecule has 0 saturated heterocycles. The molecule has 0 bridgehead atoms. The Balaban J connectivity index is 2.03. The molecular weight excluding hydrogens is 272 g/mol. The van der Waals surface area contributed by atoms with Gasteiger partial charge in [0.1, 0.15) is 5.52 Å². The Morgan fingerprint density at radius 3 is 2.65 bits per heavy atom. The van der Waals surface area contributed by atoms with Gasteiger partial charge in [0.05, 0.1) is 0 Å². The molecule has 2 N–H and O–H groups in total. The number of rotatable bonds is 3. The second kappa shape index (κ2) is 5.27. The van der Waals surface area contributed by atoms with Crippen LogP contribution in [-0.2, 0) is 6.42 Å². The number of hydrogen-bond acceptors (Lipinski definition) is 3. The molecule has 0 saturated carbocycles. The van der Waals surface area contributed by atoms with E-state index in [-0.39, 0.29) is 0 Å². The molecule has 0 unspecified atom stereocenters. The maximum atomic E-state index is 6.04. The van der Waals surface area contributed by atoms with Crippen molar-refractivity contribution in [1.82, 2.24) is 4.98 Å². The van der Waals surface area contributed by atoms with Gasteiger partial charge in [-0.2, -0.15) is 0 Å². The fourth-order valence-corrected chi connectivity index (χ4v) is 2.53. The number of nitrogens with two attached hydrogens (primary N) is 1. The zero-order valence-corrected chi connectivity index (χ0v) is 11.9. The van der Waals surface area contributed by atoms with E-state index in [0.717, 1.165) is 28.6 Å². The molecule has 3 aromatic rings. The third-order valence-electron chi connectivity index (χ3n) is 3.27. The van der Waals surface area contributed by atoms with E-state index in [4.69, 9.17) is 21.8 Å². The van der Waals surface area contributed by atoms with Crippen molar-refractivity contribution in [1.29, 1.82) is 0 Å². The summed E-state index contributed by atoms with van der Waals surface area (Å²) in [5.41, 5.74) is 10.3. The van der Waals surface area contributed by atoms with E-state index < -0.39 is 0 Å². The Morgan fingerprint density at radius 1 is 1.20 bits per heavy atom. The van der Waals surface area contributed by atoms with E-state index in [1.54, 1.807) is 0 Å². The average Bonchev–Trinajstić information content (AvgIpc) is 2.84. The molecule has 102 valence electrons. The lowest BCUT2D eigenvalue weighted by Crippen LogP contribution is -2.02. The number of fused-ring (bicyclic) bond motifs is 1. The van der Waals surface area contributed by atoms with E-state index in [0.29, 0.717) is 17.5 Å². The first-order chi connectivity index (χ1) is 9.67. The van der Waals surface area contributed by atoms with E-state index >= 15 is 0 Å². The Morgan fingerprint density at radius 2 is 1.95 bits per heavy atom. The van der Waals surface area contributed by atoms with Gasteiger partial charge in [-0.25, -0.2) is 4.98 Å². The van der Waals surface area contributed by atoms with Gasteiger partial charge < -0.3 is 10.2 Å². The molecule has 3 nitrogen and oxygen atoms in total. The molecule has 3 rings (SSSR count). The van der Waals surface area contributed by atoms with Crippen LogP contribution in [0.4, 0.5) is 0 Å². The van der Waals surface area contributed by atoms with Crippen molar-refractivity contribution in [3.63, 3.8) is 0 Å². The maximum absolute atomic E-state index is 6.04. The molecule has 0 radical (unpaired) electrons. The average molecular weight is 287 g/mol. The fourth-order valence-electron chi connectivity index (χ4n) is 2.26. The molecule has 1 aromatic heterocycles. The van der Waals surface area contributed by atoms with Gasteiger partial charge in [0, 0.05) is 10.6 Å². The van der Waals surface area contributed by atoms with Crippen molar-refractivity contribution in [2.45, 2.75) is 13.3 Å². The van der Waals surface area contributed by atoms with Gasteiger partial charge in [0.25, 0.3) is 0 Å². The van der Waals surface area contributed by atoms with Crippen LogP contribution in [0.15, 0.2) is 40.8 Å². The zero-order valence-electron chi connectivity index (χ0n) is 11.2. The number of nitrogens with zero attached hydrogens (tertiary/aromatic N) is 1. The summed E-state index contributed by atoms with van der Waals surface area (Å²) < 4.78 is 5.85. The van der Waals surface area contributed by atoms with Crippen molar-refractivity contribution >= 4 is 22.7 Å². The van der Waals surface area contributed by atoms with Gasteiger partial charge >= 0.3 is 0 Å². The third kappa shape index (κ3) is 2.42. The number of aromatic nitrogens is 1. The minimum Gasteiger partial charge on any atom is -0.436 e. The summed E-state index contributed by atoms with van der Waals surface area (Å²) in [5.74, 6) is 0.615. The van der Waals surface area contributed by atoms with Gasteiger partial charge in [0.15, 0.2) is 5.58 Å². The number of benzene rings is 2. The van der Waals surface area contributed by atoms with Crippen LogP contribution in [0.5, 0.6) is 0 Å². The summed E-state index contributed by atoms with van der Waals surface area (Å²) in [5, 5.41) is 0.674. The van der Waals surface area contributed by atoms with Crippen LogP contribution in [0.1, 0.15) is 11.1 Å². The Hall–Kier alpha value is -1.84. The molecule has 0 spiro atoms. The molecule has 4 heteroatoms. The van der Waals surface area contributed by atoms with Crippen LogP contribution in [0, 0.1) is 6.92 Å². The highest BCUT2D eigenvalue weighted by atomic mass is 35.5. The summed E-state index contributed by atoms with van der Waals surface area (Å²) >= 11 is 6.04. The first kappa shape index (κ1) is 13.2. The molecule has 20 heavy (non-hydrogen) atoms. The van der Waals surface area contributed by atoms with Crippen LogP contribution in [0.25, 0.3) is 22.6 Å². The molecule has 0 amide bonds. The smallest absolute Gasteiger partial charge is 0.227 e. The Kier molecular flexibility index (Phi) is 3.47. The molecule has 0 aliphatic carbocycles. The van der Waals surface area contributed by atoms with Gasteiger partial charge in [-0.1, -0.05) is 23.7 Å². The fraction of sp³-hybridized carbons (Fsp3) is 0.188. The molecule has 1 heterocycles. The van der Waals surface area contributed by atoms with Gasteiger partial charge in [0.2, 0.25) is 5.89 Å². The highest BCUT2D eigenvalue weighted by Gasteiger charge is 2.11. The minimum atomic E-state index is 0.615. The normalized spacial score (nSPS) is 11.2. The molecule has 0 atom stereocenters. The van der Waals surface area contributed by atoms with Crippen molar-refractivity contribution in [3.05, 3.63) is 52.5 Å². The van der Waals surface area contributed by atoms with Gasteiger partial charge in [-0.3, -0.25) is 0 Å². The Bertz CT molecular complexity index is 747. The lowest BCUT2D eigenvalue weighted by atomic mass is 10.1. The van der Waals surface area contributed by atoms with Gasteiger partial charge in [-0.05, 0) is 55.3 Å². The van der Waals surface area contributed by atoms with Crippen LogP contribution in [-0.4, -0.2) is 11.5 Å². The van der Waals surface area contributed by atoms with E-state index in [1.165, 1.54) is 5.56 Å². The molecular formula is C16H15ClN2O. The number of hydrogen-bond donors (Lipinski definition) is 1. The van der Waals surface area contributed by atoms with E-state index in [1.807, 2.05) is 31.2 Å². The monoisotopic (exact) mass is 286 g/mol. The van der Waals surface area contributed by atoms with Gasteiger partial charge in [-0.15, -0.1) is 0 Å². The molecule has 0 aliphatic heterocycles. The topological polar surface area (TPSA) is 52.0 Å². The summed E-state index contributed by atoms with van der Waals surface area (Å²) in [7, 11) is 0. The lowest BCUT2D eigenvalue weighted by molar-refractivity contribution is 0.617. The van der Waals surface area contributed by atoms with Crippen molar-refractivity contribution in [2.24, 2.45) is 5.73 Å². The number of oxazole rings is 1. The largest absolute Gasteiger partial charge is 0.436 e. The highest BCUT2D eigenvalue weighted by molar-refractivity contribution is 6.31. The first-order valence-electron chi connectivity index (χ1n) is 6.53. The van der Waals surface area contributed by atoms with E-state index in [9.17, 15) is 0 Å². The summed E-state index contributed by atoms with van der Waals surface area (Å²) in [6.45, 7) is 2.62. The zero-order chi connectivity index (χ0) is 14.1. The van der Waals surface area contributed by atoms with Crippen LogP contribution >= 0.6 is 11.6 Å². The molecule has 0 fully saturated rings. The lowest BCUT2D eigenvalue weighted by Gasteiger charge is -1.99. The summed E-state index contributed by atoms with van der Waals surface area (Å²) in [6.07, 6.45) is 0.878. The number of halogens is 1. The predicted molar refractivity (Wildman–Crippen MR) is 82.0 cm³/mol. The first-order valence-corrected chi connectivity index (χ1v) is 6.91. The third-order valence-corrected chi connectivity index (χ3v) is 3.49. The second-order valence-electron chi connectivity index (χ2n) is 4.83. The summed E-state index contributed by atoms with van der Waals surface area (Å²) in [4.78, 5) is 4.50. The van der Waals surface area contributed by atoms with Crippen molar-refractivity contribution in [3.8, 4) is 11.5 Å². The van der Waals surface area contributed by atoms with E-state index in [2.05, 4.69) is 17.1 Å². The maximum Gasteiger partial charge on any atom is 0.227 e. The number of aryl methyl sites for hydroxylation is 1. The molecule has 0 aliphatic rings.